The maximum atomic E-state index is 9.04. The smallest absolute Gasteiger partial charge is 0.125 e. The Balaban J connectivity index is 2.19. The third-order valence-electron chi connectivity index (χ3n) is 2.66. The second kappa shape index (κ2) is 5.26. The number of hydrogen-bond donors (Lipinski definition) is 1. The fraction of sp³-hybridized carbons (Fsp3) is 0.818. The molecular formula is C11H18O2. The predicted octanol–water partition coefficient (Wildman–Crippen LogP) is 1.58. The first kappa shape index (κ1) is 10.6. The quantitative estimate of drug-likeness (QED) is 0.516. The van der Waals surface area contributed by atoms with E-state index >= 15 is 0 Å². The molecule has 1 N–H and O–H groups in total. The zero-order chi connectivity index (χ0) is 9.68. The summed E-state index contributed by atoms with van der Waals surface area (Å²) in [5.74, 6) is 2.72. The SMILES string of the molecule is C#C[C@H]1O[C@@H](CCCCC)[C@@H]1CO. The summed E-state index contributed by atoms with van der Waals surface area (Å²) in [5, 5.41) is 9.04. The Kier molecular flexibility index (Phi) is 4.27. The van der Waals surface area contributed by atoms with Gasteiger partial charge in [0.15, 0.2) is 0 Å². The van der Waals surface area contributed by atoms with Gasteiger partial charge in [-0.2, -0.15) is 0 Å². The molecule has 0 spiro atoms. The Morgan fingerprint density at radius 2 is 2.23 bits per heavy atom. The minimum absolute atomic E-state index is 0.142. The molecule has 3 atom stereocenters. The molecule has 0 saturated carbocycles. The van der Waals surface area contributed by atoms with E-state index in [9.17, 15) is 0 Å². The maximum absolute atomic E-state index is 9.04. The van der Waals surface area contributed by atoms with Crippen LogP contribution in [0.15, 0.2) is 0 Å². The predicted molar refractivity (Wildman–Crippen MR) is 52.2 cm³/mol. The molecule has 0 aromatic heterocycles. The Hall–Kier alpha value is -0.520. The normalized spacial score (nSPS) is 32.2. The molecule has 1 fully saturated rings. The van der Waals surface area contributed by atoms with E-state index in [2.05, 4.69) is 12.8 Å². The zero-order valence-corrected chi connectivity index (χ0v) is 8.20. The number of ether oxygens (including phenoxy) is 1. The van der Waals surface area contributed by atoms with E-state index < -0.39 is 0 Å². The topological polar surface area (TPSA) is 29.5 Å². The Labute approximate surface area is 80.3 Å². The molecular weight excluding hydrogens is 164 g/mol. The van der Waals surface area contributed by atoms with Crippen molar-refractivity contribution in [1.29, 1.82) is 0 Å². The minimum atomic E-state index is -0.142. The molecule has 0 bridgehead atoms. The van der Waals surface area contributed by atoms with Crippen molar-refractivity contribution in [3.63, 3.8) is 0 Å². The van der Waals surface area contributed by atoms with E-state index in [1.54, 1.807) is 0 Å². The summed E-state index contributed by atoms with van der Waals surface area (Å²) in [5.41, 5.74) is 0. The van der Waals surface area contributed by atoms with Gasteiger partial charge in [-0.3, -0.25) is 0 Å². The van der Waals surface area contributed by atoms with Crippen LogP contribution in [-0.4, -0.2) is 23.9 Å². The van der Waals surface area contributed by atoms with E-state index in [4.69, 9.17) is 16.3 Å². The van der Waals surface area contributed by atoms with Crippen LogP contribution in [0.5, 0.6) is 0 Å². The molecule has 0 aromatic carbocycles. The largest absolute Gasteiger partial charge is 0.396 e. The Morgan fingerprint density at radius 3 is 2.77 bits per heavy atom. The summed E-state index contributed by atoms with van der Waals surface area (Å²) in [6.07, 6.45) is 9.96. The van der Waals surface area contributed by atoms with Gasteiger partial charge in [-0.1, -0.05) is 32.1 Å². The van der Waals surface area contributed by atoms with Crippen LogP contribution in [0.2, 0.25) is 0 Å². The molecule has 2 nitrogen and oxygen atoms in total. The molecule has 0 unspecified atom stereocenters. The molecule has 0 aromatic rings. The average Bonchev–Trinajstić information content (AvgIpc) is 2.11. The van der Waals surface area contributed by atoms with Gasteiger partial charge in [-0.05, 0) is 6.42 Å². The molecule has 1 aliphatic rings. The summed E-state index contributed by atoms with van der Waals surface area (Å²) >= 11 is 0. The van der Waals surface area contributed by atoms with Crippen LogP contribution < -0.4 is 0 Å². The number of terminal acetylenes is 1. The van der Waals surface area contributed by atoms with Gasteiger partial charge < -0.3 is 9.84 Å². The molecule has 1 rings (SSSR count). The van der Waals surface area contributed by atoms with Gasteiger partial charge in [0.1, 0.15) is 6.10 Å². The number of unbranched alkanes of at least 4 members (excludes halogenated alkanes) is 2. The molecule has 13 heavy (non-hydrogen) atoms. The van der Waals surface area contributed by atoms with Crippen LogP contribution >= 0.6 is 0 Å². The fourth-order valence-electron chi connectivity index (χ4n) is 1.75. The highest BCUT2D eigenvalue weighted by molar-refractivity contribution is 5.06. The first-order valence-corrected chi connectivity index (χ1v) is 5.06. The number of hydrogen-bond acceptors (Lipinski definition) is 2. The van der Waals surface area contributed by atoms with Crippen molar-refractivity contribution in [1.82, 2.24) is 0 Å². The first-order valence-electron chi connectivity index (χ1n) is 5.06. The van der Waals surface area contributed by atoms with Crippen molar-refractivity contribution in [2.75, 3.05) is 6.61 Å². The van der Waals surface area contributed by atoms with Gasteiger partial charge in [-0.15, -0.1) is 6.42 Å². The molecule has 1 aliphatic heterocycles. The molecule has 74 valence electrons. The lowest BCUT2D eigenvalue weighted by Crippen LogP contribution is -2.49. The van der Waals surface area contributed by atoms with E-state index in [0.717, 1.165) is 6.42 Å². The second-order valence-corrected chi connectivity index (χ2v) is 3.60. The van der Waals surface area contributed by atoms with E-state index in [1.807, 2.05) is 0 Å². The molecule has 2 heteroatoms. The molecule has 0 amide bonds. The minimum Gasteiger partial charge on any atom is -0.396 e. The zero-order valence-electron chi connectivity index (χ0n) is 8.20. The number of aliphatic hydroxyl groups is 1. The van der Waals surface area contributed by atoms with Crippen LogP contribution in [0.1, 0.15) is 32.6 Å². The summed E-state index contributed by atoms with van der Waals surface area (Å²) in [4.78, 5) is 0. The second-order valence-electron chi connectivity index (χ2n) is 3.60. The highest BCUT2D eigenvalue weighted by Gasteiger charge is 2.39. The molecule has 1 saturated heterocycles. The first-order chi connectivity index (χ1) is 6.33. The van der Waals surface area contributed by atoms with Crippen molar-refractivity contribution in [3.05, 3.63) is 0 Å². The van der Waals surface area contributed by atoms with Crippen molar-refractivity contribution in [3.8, 4) is 12.3 Å². The monoisotopic (exact) mass is 182 g/mol. The van der Waals surface area contributed by atoms with Gasteiger partial charge in [-0.25, -0.2) is 0 Å². The van der Waals surface area contributed by atoms with Gasteiger partial charge >= 0.3 is 0 Å². The third-order valence-corrected chi connectivity index (χ3v) is 2.66. The Bertz CT molecular complexity index is 183. The maximum Gasteiger partial charge on any atom is 0.125 e. The Morgan fingerprint density at radius 1 is 1.46 bits per heavy atom. The lowest BCUT2D eigenvalue weighted by atomic mass is 9.87. The van der Waals surface area contributed by atoms with Crippen molar-refractivity contribution < 1.29 is 9.84 Å². The third kappa shape index (κ3) is 2.46. The van der Waals surface area contributed by atoms with E-state index in [1.165, 1.54) is 19.3 Å². The standard InChI is InChI=1S/C11H18O2/c1-3-5-6-7-11-9(8-12)10(4-2)13-11/h2,9-12H,3,5-8H2,1H3/t9-,10-,11+/m1/s1. The number of aliphatic hydroxyl groups excluding tert-OH is 1. The van der Waals surface area contributed by atoms with Crippen LogP contribution in [0.3, 0.4) is 0 Å². The van der Waals surface area contributed by atoms with Crippen molar-refractivity contribution in [2.24, 2.45) is 5.92 Å². The lowest BCUT2D eigenvalue weighted by Gasteiger charge is -2.41. The van der Waals surface area contributed by atoms with Crippen LogP contribution in [-0.2, 0) is 4.74 Å². The molecule has 0 radical (unpaired) electrons. The summed E-state index contributed by atoms with van der Waals surface area (Å²) in [6, 6.07) is 0. The average molecular weight is 182 g/mol. The fourth-order valence-corrected chi connectivity index (χ4v) is 1.75. The van der Waals surface area contributed by atoms with Gasteiger partial charge in [0.25, 0.3) is 0 Å². The van der Waals surface area contributed by atoms with Crippen molar-refractivity contribution >= 4 is 0 Å². The van der Waals surface area contributed by atoms with Gasteiger partial charge in [0.2, 0.25) is 0 Å². The van der Waals surface area contributed by atoms with Gasteiger partial charge in [0, 0.05) is 5.92 Å². The number of rotatable bonds is 5. The summed E-state index contributed by atoms with van der Waals surface area (Å²) in [6.45, 7) is 2.33. The van der Waals surface area contributed by atoms with Gasteiger partial charge in [0.05, 0.1) is 12.7 Å². The molecule has 1 heterocycles. The van der Waals surface area contributed by atoms with E-state index in [-0.39, 0.29) is 24.7 Å². The van der Waals surface area contributed by atoms with Crippen LogP contribution in [0.25, 0.3) is 0 Å². The van der Waals surface area contributed by atoms with Crippen LogP contribution in [0.4, 0.5) is 0 Å². The highest BCUT2D eigenvalue weighted by Crippen LogP contribution is 2.31. The van der Waals surface area contributed by atoms with E-state index in [0.29, 0.717) is 0 Å². The summed E-state index contributed by atoms with van der Waals surface area (Å²) in [7, 11) is 0. The highest BCUT2D eigenvalue weighted by atomic mass is 16.5. The van der Waals surface area contributed by atoms with Crippen LogP contribution in [0, 0.1) is 18.3 Å². The molecule has 0 aliphatic carbocycles. The van der Waals surface area contributed by atoms with Crippen molar-refractivity contribution in [2.45, 2.75) is 44.8 Å². The lowest BCUT2D eigenvalue weighted by molar-refractivity contribution is -0.171. The summed E-state index contributed by atoms with van der Waals surface area (Å²) < 4.78 is 5.44.